The Morgan fingerprint density at radius 1 is 1.29 bits per heavy atom. The number of urea groups is 1. The van der Waals surface area contributed by atoms with Crippen molar-refractivity contribution in [3.05, 3.63) is 29.8 Å². The molecule has 9 heteroatoms. The maximum Gasteiger partial charge on any atom is 0.312 e. The first-order chi connectivity index (χ1) is 11.4. The first-order valence-corrected chi connectivity index (χ1v) is 7.37. The van der Waals surface area contributed by atoms with Gasteiger partial charge in [0.2, 0.25) is 0 Å². The molecule has 0 bridgehead atoms. The SMILES string of the molecule is N=C(N)c1ccc(N2CC[C@H](OC(=O)CCNC(N)=O)C2=O)cc1. The number of nitrogens with two attached hydrogens (primary N) is 2. The molecule has 0 saturated carbocycles. The van der Waals surface area contributed by atoms with Crippen LogP contribution in [0.1, 0.15) is 18.4 Å². The van der Waals surface area contributed by atoms with E-state index in [2.05, 4.69) is 5.32 Å². The molecule has 0 aliphatic carbocycles. The maximum absolute atomic E-state index is 12.3. The van der Waals surface area contributed by atoms with Gasteiger partial charge in [-0.1, -0.05) is 0 Å². The number of rotatable bonds is 6. The number of nitrogens with one attached hydrogen (secondary N) is 2. The Morgan fingerprint density at radius 3 is 2.54 bits per heavy atom. The number of esters is 1. The Hall–Kier alpha value is -3.10. The highest BCUT2D eigenvalue weighted by Crippen LogP contribution is 2.23. The number of nitrogens with zero attached hydrogens (tertiary/aromatic N) is 1. The Labute approximate surface area is 138 Å². The lowest BCUT2D eigenvalue weighted by atomic mass is 10.2. The van der Waals surface area contributed by atoms with Crippen molar-refractivity contribution in [2.24, 2.45) is 11.5 Å². The van der Waals surface area contributed by atoms with Crippen LogP contribution in [0, 0.1) is 5.41 Å². The molecule has 0 aromatic heterocycles. The molecule has 6 N–H and O–H groups in total. The predicted octanol–water partition coefficient (Wildman–Crippen LogP) is -0.322. The van der Waals surface area contributed by atoms with E-state index in [-0.39, 0.29) is 24.7 Å². The van der Waals surface area contributed by atoms with Crippen LogP contribution >= 0.6 is 0 Å². The number of nitrogen functional groups attached to an aromatic ring is 1. The molecular weight excluding hydrogens is 314 g/mol. The molecule has 2 rings (SSSR count). The van der Waals surface area contributed by atoms with E-state index in [9.17, 15) is 14.4 Å². The van der Waals surface area contributed by atoms with Gasteiger partial charge in [-0.2, -0.15) is 0 Å². The molecular formula is C15H19N5O4. The number of hydrogen-bond donors (Lipinski definition) is 4. The lowest BCUT2D eigenvalue weighted by Crippen LogP contribution is -2.34. The first kappa shape index (κ1) is 17.3. The fraction of sp³-hybridized carbons (Fsp3) is 0.333. The summed E-state index contributed by atoms with van der Waals surface area (Å²) in [7, 11) is 0. The summed E-state index contributed by atoms with van der Waals surface area (Å²) in [4.78, 5) is 36.0. The third kappa shape index (κ3) is 4.22. The van der Waals surface area contributed by atoms with E-state index in [1.54, 1.807) is 24.3 Å². The summed E-state index contributed by atoms with van der Waals surface area (Å²) in [5.41, 5.74) is 11.5. The second-order valence-corrected chi connectivity index (χ2v) is 5.26. The van der Waals surface area contributed by atoms with Crippen LogP contribution in [0.2, 0.25) is 0 Å². The summed E-state index contributed by atoms with van der Waals surface area (Å²) in [6.45, 7) is 0.487. The summed E-state index contributed by atoms with van der Waals surface area (Å²) in [6.07, 6.45) is -0.499. The molecule has 24 heavy (non-hydrogen) atoms. The van der Waals surface area contributed by atoms with Crippen LogP contribution in [0.25, 0.3) is 0 Å². The lowest BCUT2D eigenvalue weighted by Gasteiger charge is -2.17. The molecule has 1 aliphatic heterocycles. The third-order valence-corrected chi connectivity index (χ3v) is 3.55. The van der Waals surface area contributed by atoms with Crippen LogP contribution < -0.4 is 21.7 Å². The van der Waals surface area contributed by atoms with E-state index >= 15 is 0 Å². The predicted molar refractivity (Wildman–Crippen MR) is 86.5 cm³/mol. The van der Waals surface area contributed by atoms with E-state index in [1.807, 2.05) is 0 Å². The Morgan fingerprint density at radius 2 is 1.96 bits per heavy atom. The van der Waals surface area contributed by atoms with Gasteiger partial charge in [-0.25, -0.2) is 4.79 Å². The number of amides is 3. The van der Waals surface area contributed by atoms with Crippen LogP contribution in [0.15, 0.2) is 24.3 Å². The van der Waals surface area contributed by atoms with Crippen molar-refractivity contribution >= 4 is 29.4 Å². The molecule has 1 aliphatic rings. The summed E-state index contributed by atoms with van der Waals surface area (Å²) < 4.78 is 5.14. The summed E-state index contributed by atoms with van der Waals surface area (Å²) >= 11 is 0. The molecule has 3 amide bonds. The van der Waals surface area contributed by atoms with Gasteiger partial charge < -0.3 is 26.4 Å². The fourth-order valence-corrected chi connectivity index (χ4v) is 2.35. The van der Waals surface area contributed by atoms with Crippen LogP contribution in [0.5, 0.6) is 0 Å². The molecule has 9 nitrogen and oxygen atoms in total. The van der Waals surface area contributed by atoms with E-state index in [0.717, 1.165) is 0 Å². The molecule has 1 fully saturated rings. The van der Waals surface area contributed by atoms with Crippen molar-refractivity contribution in [3.63, 3.8) is 0 Å². The van der Waals surface area contributed by atoms with Crippen molar-refractivity contribution in [1.82, 2.24) is 5.32 Å². The van der Waals surface area contributed by atoms with Crippen molar-refractivity contribution < 1.29 is 19.1 Å². The summed E-state index contributed by atoms with van der Waals surface area (Å²) in [5.74, 6) is -0.927. The summed E-state index contributed by atoms with van der Waals surface area (Å²) in [5, 5.41) is 9.63. The minimum Gasteiger partial charge on any atom is -0.452 e. The summed E-state index contributed by atoms with van der Waals surface area (Å²) in [6, 6.07) is 5.96. The second-order valence-electron chi connectivity index (χ2n) is 5.26. The number of amidine groups is 1. The standard InChI is InChI=1S/C15H19N5O4/c16-13(17)9-1-3-10(4-2-9)20-8-6-11(14(20)22)24-12(21)5-7-19-15(18)23/h1-4,11H,5-8H2,(H3,16,17)(H3,18,19,23)/t11-/m0/s1. The number of anilines is 1. The van der Waals surface area contributed by atoms with E-state index in [4.69, 9.17) is 21.6 Å². The highest BCUT2D eigenvalue weighted by molar-refractivity contribution is 6.00. The van der Waals surface area contributed by atoms with Gasteiger partial charge in [0, 0.05) is 30.8 Å². The molecule has 0 spiro atoms. The third-order valence-electron chi connectivity index (χ3n) is 3.55. The average Bonchev–Trinajstić information content (AvgIpc) is 2.88. The van der Waals surface area contributed by atoms with Crippen LogP contribution in [0.4, 0.5) is 10.5 Å². The topological polar surface area (TPSA) is 152 Å². The fourth-order valence-electron chi connectivity index (χ4n) is 2.35. The zero-order valence-electron chi connectivity index (χ0n) is 13.0. The van der Waals surface area contributed by atoms with Crippen molar-refractivity contribution in [2.75, 3.05) is 18.0 Å². The van der Waals surface area contributed by atoms with E-state index < -0.39 is 18.1 Å². The van der Waals surface area contributed by atoms with Gasteiger partial charge in [0.1, 0.15) is 5.84 Å². The average molecular weight is 333 g/mol. The van der Waals surface area contributed by atoms with Crippen LogP contribution in [-0.2, 0) is 14.3 Å². The van der Waals surface area contributed by atoms with Crippen LogP contribution in [-0.4, -0.2) is 42.9 Å². The van der Waals surface area contributed by atoms with Crippen LogP contribution in [0.3, 0.4) is 0 Å². The Bertz CT molecular complexity index is 658. The van der Waals surface area contributed by atoms with Gasteiger partial charge in [0.05, 0.1) is 6.42 Å². The van der Waals surface area contributed by atoms with Gasteiger partial charge in [-0.3, -0.25) is 15.0 Å². The highest BCUT2D eigenvalue weighted by atomic mass is 16.5. The molecule has 128 valence electrons. The quantitative estimate of drug-likeness (QED) is 0.319. The van der Waals surface area contributed by atoms with E-state index in [0.29, 0.717) is 24.2 Å². The van der Waals surface area contributed by atoms with Gasteiger partial charge in [0.15, 0.2) is 6.10 Å². The Kier molecular flexibility index (Phi) is 5.35. The normalized spacial score (nSPS) is 16.8. The second kappa shape index (κ2) is 7.44. The minimum atomic E-state index is -0.835. The Balaban J connectivity index is 1.91. The van der Waals surface area contributed by atoms with Crippen molar-refractivity contribution in [1.29, 1.82) is 5.41 Å². The van der Waals surface area contributed by atoms with Gasteiger partial charge in [-0.05, 0) is 24.3 Å². The minimum absolute atomic E-state index is 0.0503. The maximum atomic E-state index is 12.3. The zero-order chi connectivity index (χ0) is 17.7. The first-order valence-electron chi connectivity index (χ1n) is 7.37. The molecule has 0 radical (unpaired) electrons. The lowest BCUT2D eigenvalue weighted by molar-refractivity contribution is -0.153. The monoisotopic (exact) mass is 333 g/mol. The van der Waals surface area contributed by atoms with Crippen molar-refractivity contribution in [3.8, 4) is 0 Å². The number of carbonyl (C=O) groups excluding carboxylic acids is 3. The molecule has 1 heterocycles. The zero-order valence-corrected chi connectivity index (χ0v) is 13.0. The van der Waals surface area contributed by atoms with Gasteiger partial charge in [-0.15, -0.1) is 0 Å². The number of ether oxygens (including phenoxy) is 1. The molecule has 1 atom stereocenters. The van der Waals surface area contributed by atoms with Crippen molar-refractivity contribution in [2.45, 2.75) is 18.9 Å². The smallest absolute Gasteiger partial charge is 0.312 e. The number of primary amides is 1. The van der Waals surface area contributed by atoms with Gasteiger partial charge in [0.25, 0.3) is 5.91 Å². The number of benzene rings is 1. The molecule has 1 aromatic carbocycles. The largest absolute Gasteiger partial charge is 0.452 e. The molecule has 1 saturated heterocycles. The number of hydrogen-bond acceptors (Lipinski definition) is 5. The molecule has 0 unspecified atom stereocenters. The highest BCUT2D eigenvalue weighted by Gasteiger charge is 2.35. The van der Waals surface area contributed by atoms with Gasteiger partial charge >= 0.3 is 12.0 Å². The number of carbonyl (C=O) groups is 3. The van der Waals surface area contributed by atoms with E-state index in [1.165, 1.54) is 4.90 Å². The molecule has 1 aromatic rings.